The lowest BCUT2D eigenvalue weighted by molar-refractivity contribution is 0.556. The second-order valence-electron chi connectivity index (χ2n) is 6.10. The Morgan fingerprint density at radius 2 is 1.39 bits per heavy atom. The van der Waals surface area contributed by atoms with Crippen molar-refractivity contribution >= 4 is 34.1 Å². The van der Waals surface area contributed by atoms with Crippen molar-refractivity contribution in [3.8, 4) is 5.75 Å². The third-order valence-electron chi connectivity index (χ3n) is 4.12. The lowest BCUT2D eigenvalue weighted by Gasteiger charge is -2.06. The normalized spacial score (nSPS) is 11.8. The predicted octanol–water partition coefficient (Wildman–Crippen LogP) is 7.25. The van der Waals surface area contributed by atoms with E-state index in [0.29, 0.717) is 5.90 Å². The molecule has 0 aromatic heterocycles. The number of para-hydroxylation sites is 2. The fourth-order valence-corrected chi connectivity index (χ4v) is 3.60. The number of hydrogen-bond donors (Lipinski definition) is 0. The molecular weight excluding hydrogens is 362 g/mol. The average Bonchev–Trinajstić information content (AvgIpc) is 2.75. The SMILES string of the molecule is C(=C\C(=N\c1ccccc1)Oc1ccccc1)/Sc1cccc2ccccc12. The van der Waals surface area contributed by atoms with Gasteiger partial charge in [0, 0.05) is 11.0 Å². The highest BCUT2D eigenvalue weighted by molar-refractivity contribution is 8.02. The monoisotopic (exact) mass is 381 g/mol. The Morgan fingerprint density at radius 1 is 0.714 bits per heavy atom. The summed E-state index contributed by atoms with van der Waals surface area (Å²) in [5.41, 5.74) is 0.855. The van der Waals surface area contributed by atoms with Crippen molar-refractivity contribution in [1.82, 2.24) is 0 Å². The maximum atomic E-state index is 5.99. The largest absolute Gasteiger partial charge is 0.439 e. The summed E-state index contributed by atoms with van der Waals surface area (Å²) in [6.07, 6.45) is 1.91. The Balaban J connectivity index is 1.58. The van der Waals surface area contributed by atoms with Gasteiger partial charge in [0.15, 0.2) is 0 Å². The minimum Gasteiger partial charge on any atom is -0.439 e. The van der Waals surface area contributed by atoms with E-state index in [4.69, 9.17) is 4.74 Å². The third-order valence-corrected chi connectivity index (χ3v) is 5.00. The molecule has 0 atom stereocenters. The molecule has 4 rings (SSSR count). The molecule has 0 N–H and O–H groups in total. The molecule has 0 saturated carbocycles. The topological polar surface area (TPSA) is 21.6 Å². The Morgan fingerprint density at radius 3 is 2.21 bits per heavy atom. The molecule has 0 amide bonds. The lowest BCUT2D eigenvalue weighted by atomic mass is 10.1. The van der Waals surface area contributed by atoms with Gasteiger partial charge in [0.1, 0.15) is 5.75 Å². The number of aliphatic imine (C=N–C) groups is 1. The minimum absolute atomic E-state index is 0.546. The van der Waals surface area contributed by atoms with Crippen molar-refractivity contribution in [2.24, 2.45) is 4.99 Å². The van der Waals surface area contributed by atoms with Crippen LogP contribution in [0.4, 0.5) is 5.69 Å². The van der Waals surface area contributed by atoms with E-state index in [1.54, 1.807) is 11.8 Å². The van der Waals surface area contributed by atoms with Crippen LogP contribution in [0, 0.1) is 0 Å². The van der Waals surface area contributed by atoms with E-state index in [9.17, 15) is 0 Å². The number of nitrogens with zero attached hydrogens (tertiary/aromatic N) is 1. The number of benzene rings is 4. The molecule has 4 aromatic rings. The van der Waals surface area contributed by atoms with Gasteiger partial charge in [0.05, 0.1) is 5.69 Å². The molecule has 0 aliphatic rings. The summed E-state index contributed by atoms with van der Waals surface area (Å²) in [4.78, 5) is 5.84. The van der Waals surface area contributed by atoms with Gasteiger partial charge in [-0.15, -0.1) is 0 Å². The molecule has 136 valence electrons. The Kier molecular flexibility index (Phi) is 5.86. The van der Waals surface area contributed by atoms with Crippen molar-refractivity contribution in [1.29, 1.82) is 0 Å². The molecule has 0 fully saturated rings. The van der Waals surface area contributed by atoms with Crippen LogP contribution in [-0.2, 0) is 0 Å². The number of ether oxygens (including phenoxy) is 1. The van der Waals surface area contributed by atoms with Crippen LogP contribution in [0.5, 0.6) is 5.75 Å². The van der Waals surface area contributed by atoms with Crippen LogP contribution in [0.2, 0.25) is 0 Å². The minimum atomic E-state index is 0.546. The fourth-order valence-electron chi connectivity index (χ4n) is 2.80. The van der Waals surface area contributed by atoms with Gasteiger partial charge in [-0.1, -0.05) is 84.6 Å². The highest BCUT2D eigenvalue weighted by Crippen LogP contribution is 2.28. The Hall–Kier alpha value is -3.30. The zero-order valence-corrected chi connectivity index (χ0v) is 16.0. The van der Waals surface area contributed by atoms with Crippen LogP contribution in [0.3, 0.4) is 0 Å². The Labute approximate surface area is 169 Å². The molecule has 0 aliphatic heterocycles. The molecule has 4 aromatic carbocycles. The van der Waals surface area contributed by atoms with Gasteiger partial charge in [-0.3, -0.25) is 0 Å². The van der Waals surface area contributed by atoms with Crippen molar-refractivity contribution in [2.75, 3.05) is 0 Å². The molecule has 0 aliphatic carbocycles. The maximum Gasteiger partial charge on any atom is 0.220 e. The molecule has 3 heteroatoms. The average molecular weight is 382 g/mol. The van der Waals surface area contributed by atoms with E-state index < -0.39 is 0 Å². The molecule has 0 spiro atoms. The molecule has 0 radical (unpaired) electrons. The summed E-state index contributed by atoms with van der Waals surface area (Å²) in [5.74, 6) is 1.31. The quantitative estimate of drug-likeness (QED) is 0.206. The highest BCUT2D eigenvalue weighted by Gasteiger charge is 2.02. The van der Waals surface area contributed by atoms with Crippen LogP contribution in [0.1, 0.15) is 0 Å². The van der Waals surface area contributed by atoms with Crippen molar-refractivity contribution in [2.45, 2.75) is 4.90 Å². The molecule has 0 saturated heterocycles. The molecule has 28 heavy (non-hydrogen) atoms. The van der Waals surface area contributed by atoms with Gasteiger partial charge >= 0.3 is 0 Å². The van der Waals surface area contributed by atoms with Crippen LogP contribution in [-0.4, -0.2) is 5.90 Å². The van der Waals surface area contributed by atoms with E-state index in [2.05, 4.69) is 47.5 Å². The number of hydrogen-bond acceptors (Lipinski definition) is 3. The van der Waals surface area contributed by atoms with Crippen molar-refractivity contribution in [3.63, 3.8) is 0 Å². The molecular formula is C25H19NOS. The van der Waals surface area contributed by atoms with Gasteiger partial charge in [0.2, 0.25) is 5.90 Å². The first-order valence-corrected chi connectivity index (χ1v) is 9.94. The maximum absolute atomic E-state index is 5.99. The standard InChI is InChI=1S/C25H19NOS/c1-3-12-21(13-4-1)26-25(27-22-14-5-2-6-15-22)18-19-28-24-17-9-11-20-10-7-8-16-23(20)24/h1-19H/b19-18+,26-25-. The van der Waals surface area contributed by atoms with Crippen LogP contribution < -0.4 is 4.74 Å². The summed E-state index contributed by atoms with van der Waals surface area (Å²) in [5, 5.41) is 4.50. The number of fused-ring (bicyclic) bond motifs is 1. The van der Waals surface area contributed by atoms with Crippen LogP contribution >= 0.6 is 11.8 Å². The van der Waals surface area contributed by atoms with Crippen LogP contribution in [0.15, 0.2) is 125 Å². The third kappa shape index (κ3) is 4.70. The first-order valence-electron chi connectivity index (χ1n) is 9.06. The second kappa shape index (κ2) is 9.07. The second-order valence-corrected chi connectivity index (χ2v) is 7.05. The summed E-state index contributed by atoms with van der Waals surface area (Å²) < 4.78 is 5.99. The zero-order chi connectivity index (χ0) is 19.0. The summed E-state index contributed by atoms with van der Waals surface area (Å²) in [6.45, 7) is 0. The molecule has 0 bridgehead atoms. The van der Waals surface area contributed by atoms with Crippen molar-refractivity contribution < 1.29 is 4.74 Å². The van der Waals surface area contributed by atoms with Gasteiger partial charge in [-0.05, 0) is 46.5 Å². The molecule has 0 heterocycles. The van der Waals surface area contributed by atoms with Crippen LogP contribution in [0.25, 0.3) is 10.8 Å². The fraction of sp³-hybridized carbons (Fsp3) is 0. The summed E-state index contributed by atoms with van der Waals surface area (Å²) in [7, 11) is 0. The van der Waals surface area contributed by atoms with E-state index in [1.807, 2.05) is 72.1 Å². The van der Waals surface area contributed by atoms with Gasteiger partial charge in [-0.2, -0.15) is 0 Å². The van der Waals surface area contributed by atoms with Crippen molar-refractivity contribution in [3.05, 3.63) is 115 Å². The van der Waals surface area contributed by atoms with Gasteiger partial charge in [0.25, 0.3) is 0 Å². The number of thioether (sulfide) groups is 1. The predicted molar refractivity (Wildman–Crippen MR) is 120 cm³/mol. The first kappa shape index (κ1) is 18.1. The van der Waals surface area contributed by atoms with Gasteiger partial charge < -0.3 is 4.74 Å². The van der Waals surface area contributed by atoms with E-state index in [1.165, 1.54) is 15.7 Å². The Bertz CT molecular complexity index is 1100. The summed E-state index contributed by atoms with van der Waals surface area (Å²) >= 11 is 1.66. The van der Waals surface area contributed by atoms with E-state index in [-0.39, 0.29) is 0 Å². The number of rotatable bonds is 5. The first-order chi connectivity index (χ1) is 13.9. The summed E-state index contributed by atoms with van der Waals surface area (Å²) in [6, 6.07) is 34.3. The van der Waals surface area contributed by atoms with E-state index in [0.717, 1.165) is 11.4 Å². The molecule has 2 nitrogen and oxygen atoms in total. The van der Waals surface area contributed by atoms with E-state index >= 15 is 0 Å². The smallest absolute Gasteiger partial charge is 0.220 e. The van der Waals surface area contributed by atoms with Gasteiger partial charge in [-0.25, -0.2) is 4.99 Å². The highest BCUT2D eigenvalue weighted by atomic mass is 32.2. The molecule has 0 unspecified atom stereocenters. The zero-order valence-electron chi connectivity index (χ0n) is 15.2. The lowest BCUT2D eigenvalue weighted by Crippen LogP contribution is -2.04.